The minimum Gasteiger partial charge on any atom is -0.343 e. The first kappa shape index (κ1) is 25.4. The van der Waals surface area contributed by atoms with Gasteiger partial charge in [-0.05, 0) is 37.5 Å². The molecule has 9 nitrogen and oxygen atoms in total. The zero-order valence-corrected chi connectivity index (χ0v) is 20.5. The number of nitrogens with zero attached hydrogens (tertiary/aromatic N) is 2. The number of aromatic nitrogens is 2. The van der Waals surface area contributed by atoms with Crippen molar-refractivity contribution in [3.63, 3.8) is 0 Å². The maximum Gasteiger partial charge on any atom is 0.227 e. The number of hydrogen-bond donors (Lipinski definition) is 3. The fourth-order valence-electron chi connectivity index (χ4n) is 4.18. The van der Waals surface area contributed by atoms with Crippen LogP contribution in [0.4, 0.5) is 11.4 Å². The Morgan fingerprint density at radius 2 is 1.79 bits per heavy atom. The van der Waals surface area contributed by atoms with Crippen molar-refractivity contribution >= 4 is 29.1 Å². The zero-order chi connectivity index (χ0) is 24.7. The van der Waals surface area contributed by atoms with Crippen LogP contribution < -0.4 is 16.0 Å². The number of amides is 3. The number of carbonyl (C=O) groups excluding carboxylic acids is 3. The number of aryl methyl sites for hydroxylation is 2. The Balaban J connectivity index is 1.63. The normalized spacial score (nSPS) is 15.4. The van der Waals surface area contributed by atoms with E-state index in [-0.39, 0.29) is 36.5 Å². The first-order chi connectivity index (χ1) is 16.2. The van der Waals surface area contributed by atoms with E-state index in [1.165, 1.54) is 6.92 Å². The minimum atomic E-state index is -0.607. The molecule has 184 valence electrons. The topological polar surface area (TPSA) is 126 Å². The predicted octanol–water partition coefficient (Wildman–Crippen LogP) is 4.23. The van der Waals surface area contributed by atoms with Crippen molar-refractivity contribution in [1.29, 1.82) is 0 Å². The molecule has 0 aliphatic heterocycles. The van der Waals surface area contributed by atoms with E-state index >= 15 is 0 Å². The van der Waals surface area contributed by atoms with Crippen LogP contribution in [-0.4, -0.2) is 27.9 Å². The first-order valence-electron chi connectivity index (χ1n) is 12.0. The summed E-state index contributed by atoms with van der Waals surface area (Å²) in [6, 6.07) is 5.41. The molecule has 0 saturated heterocycles. The molecule has 1 aliphatic rings. The van der Waals surface area contributed by atoms with Gasteiger partial charge >= 0.3 is 0 Å². The standard InChI is InChI=1S/C25H35N5O4/c1-16(2)23(33)26-19-10-9-17(3)20(15-19)27-21(32)11-12-22-28-24(30-34-22)25(29-18(4)31)13-7-5-6-8-14-25/h9-10,15-16H,5-8,11-14H2,1-4H3,(H,26,33)(H,27,32)(H,29,31). The van der Waals surface area contributed by atoms with Crippen LogP contribution in [0.3, 0.4) is 0 Å². The lowest BCUT2D eigenvalue weighted by atomic mass is 9.89. The van der Waals surface area contributed by atoms with Crippen molar-refractivity contribution in [2.45, 2.75) is 84.6 Å². The van der Waals surface area contributed by atoms with Crippen LogP contribution in [0.2, 0.25) is 0 Å². The van der Waals surface area contributed by atoms with Crippen molar-refractivity contribution in [2.75, 3.05) is 10.6 Å². The highest BCUT2D eigenvalue weighted by molar-refractivity contribution is 5.95. The van der Waals surface area contributed by atoms with Gasteiger partial charge in [-0.3, -0.25) is 14.4 Å². The minimum absolute atomic E-state index is 0.0842. The maximum atomic E-state index is 12.6. The molecule has 2 aromatic rings. The first-order valence-corrected chi connectivity index (χ1v) is 12.0. The van der Waals surface area contributed by atoms with Gasteiger partial charge < -0.3 is 20.5 Å². The van der Waals surface area contributed by atoms with Crippen LogP contribution >= 0.6 is 0 Å². The Bertz CT molecular complexity index is 1020. The Morgan fingerprint density at radius 3 is 2.44 bits per heavy atom. The van der Waals surface area contributed by atoms with Gasteiger partial charge in [0.2, 0.25) is 23.6 Å². The van der Waals surface area contributed by atoms with E-state index in [1.54, 1.807) is 6.07 Å². The van der Waals surface area contributed by atoms with Gasteiger partial charge in [0.15, 0.2) is 5.82 Å². The molecule has 34 heavy (non-hydrogen) atoms. The summed E-state index contributed by atoms with van der Waals surface area (Å²) in [7, 11) is 0. The summed E-state index contributed by atoms with van der Waals surface area (Å²) in [6.45, 7) is 7.04. The van der Waals surface area contributed by atoms with Crippen LogP contribution in [0, 0.1) is 12.8 Å². The summed E-state index contributed by atoms with van der Waals surface area (Å²) in [6.07, 6.45) is 6.21. The molecule has 1 aromatic heterocycles. The average Bonchev–Trinajstić information content (AvgIpc) is 3.14. The monoisotopic (exact) mass is 469 g/mol. The molecule has 3 rings (SSSR count). The van der Waals surface area contributed by atoms with Gasteiger partial charge in [0.25, 0.3) is 0 Å². The predicted molar refractivity (Wildman–Crippen MR) is 129 cm³/mol. The summed E-state index contributed by atoms with van der Waals surface area (Å²) in [5, 5.41) is 13.0. The van der Waals surface area contributed by atoms with E-state index in [1.807, 2.05) is 32.9 Å². The van der Waals surface area contributed by atoms with E-state index in [9.17, 15) is 14.4 Å². The molecule has 1 fully saturated rings. The fourth-order valence-corrected chi connectivity index (χ4v) is 4.18. The average molecular weight is 470 g/mol. The second-order valence-electron chi connectivity index (χ2n) is 9.41. The molecular formula is C25H35N5O4. The third kappa shape index (κ3) is 6.65. The highest BCUT2D eigenvalue weighted by atomic mass is 16.5. The largest absolute Gasteiger partial charge is 0.343 e. The molecule has 0 unspecified atom stereocenters. The van der Waals surface area contributed by atoms with Crippen molar-refractivity contribution < 1.29 is 18.9 Å². The highest BCUT2D eigenvalue weighted by Crippen LogP contribution is 2.34. The van der Waals surface area contributed by atoms with Crippen molar-refractivity contribution in [3.8, 4) is 0 Å². The van der Waals surface area contributed by atoms with Gasteiger partial charge in [-0.15, -0.1) is 0 Å². The van der Waals surface area contributed by atoms with Crippen LogP contribution in [0.15, 0.2) is 22.7 Å². The second kappa shape index (κ2) is 11.3. The second-order valence-corrected chi connectivity index (χ2v) is 9.41. The molecule has 0 bridgehead atoms. The maximum absolute atomic E-state index is 12.6. The van der Waals surface area contributed by atoms with Gasteiger partial charge in [-0.25, -0.2) is 0 Å². The quantitative estimate of drug-likeness (QED) is 0.497. The molecule has 1 aromatic carbocycles. The molecule has 3 amide bonds. The van der Waals surface area contributed by atoms with E-state index in [2.05, 4.69) is 26.1 Å². The summed E-state index contributed by atoms with van der Waals surface area (Å²) in [5.41, 5.74) is 1.56. The number of benzene rings is 1. The molecule has 0 radical (unpaired) electrons. The third-order valence-corrected chi connectivity index (χ3v) is 6.14. The Labute approximate surface area is 200 Å². The lowest BCUT2D eigenvalue weighted by molar-refractivity contribution is -0.121. The highest BCUT2D eigenvalue weighted by Gasteiger charge is 2.38. The Morgan fingerprint density at radius 1 is 1.09 bits per heavy atom. The summed E-state index contributed by atoms with van der Waals surface area (Å²) >= 11 is 0. The van der Waals surface area contributed by atoms with Crippen LogP contribution in [-0.2, 0) is 26.3 Å². The van der Waals surface area contributed by atoms with Gasteiger partial charge in [-0.1, -0.05) is 50.8 Å². The van der Waals surface area contributed by atoms with Crippen LogP contribution in [0.1, 0.15) is 83.0 Å². The molecule has 0 spiro atoms. The van der Waals surface area contributed by atoms with Crippen molar-refractivity contribution in [3.05, 3.63) is 35.5 Å². The fraction of sp³-hybridized carbons (Fsp3) is 0.560. The van der Waals surface area contributed by atoms with Gasteiger partial charge in [0, 0.05) is 37.1 Å². The number of carbonyl (C=O) groups is 3. The lowest BCUT2D eigenvalue weighted by Crippen LogP contribution is -2.45. The number of nitrogens with one attached hydrogen (secondary N) is 3. The van der Waals surface area contributed by atoms with Crippen LogP contribution in [0.25, 0.3) is 0 Å². The molecular weight excluding hydrogens is 434 g/mol. The van der Waals surface area contributed by atoms with E-state index in [0.29, 0.717) is 23.1 Å². The summed E-state index contributed by atoms with van der Waals surface area (Å²) in [4.78, 5) is 41.0. The summed E-state index contributed by atoms with van der Waals surface area (Å²) < 4.78 is 5.43. The molecule has 0 atom stereocenters. The number of hydrogen-bond acceptors (Lipinski definition) is 6. The van der Waals surface area contributed by atoms with Gasteiger partial charge in [0.05, 0.1) is 0 Å². The van der Waals surface area contributed by atoms with E-state index in [4.69, 9.17) is 4.52 Å². The molecule has 9 heteroatoms. The Hall–Kier alpha value is -3.23. The van der Waals surface area contributed by atoms with Crippen molar-refractivity contribution in [1.82, 2.24) is 15.5 Å². The van der Waals surface area contributed by atoms with Gasteiger partial charge in [0.1, 0.15) is 5.54 Å². The van der Waals surface area contributed by atoms with Crippen molar-refractivity contribution in [2.24, 2.45) is 5.92 Å². The third-order valence-electron chi connectivity index (χ3n) is 6.14. The molecule has 1 saturated carbocycles. The molecule has 1 heterocycles. The van der Waals surface area contributed by atoms with E-state index < -0.39 is 5.54 Å². The van der Waals surface area contributed by atoms with Crippen LogP contribution in [0.5, 0.6) is 0 Å². The number of rotatable bonds is 8. The lowest BCUT2D eigenvalue weighted by Gasteiger charge is -2.30. The smallest absolute Gasteiger partial charge is 0.227 e. The molecule has 3 N–H and O–H groups in total. The van der Waals surface area contributed by atoms with E-state index in [0.717, 1.165) is 44.1 Å². The van der Waals surface area contributed by atoms with Gasteiger partial charge in [-0.2, -0.15) is 4.98 Å². The molecule has 1 aliphatic carbocycles. The Kier molecular flexibility index (Phi) is 8.41. The zero-order valence-electron chi connectivity index (χ0n) is 20.5. The SMILES string of the molecule is CC(=O)NC1(c2noc(CCC(=O)Nc3cc(NC(=O)C(C)C)ccc3C)n2)CCCCCC1. The number of anilines is 2. The summed E-state index contributed by atoms with van der Waals surface area (Å²) in [5.74, 6) is 0.328.